The standard InChI is InChI=1S/C14H20ClNO2/c1-14(2,10-15)13(18)16-12(9-17)8-11-6-4-3-5-7-11/h3-7,12,17H,8-10H2,1-2H3,(H,16,18)/t12-/m0/s1. The van der Waals surface area contributed by atoms with E-state index in [1.54, 1.807) is 13.8 Å². The Kier molecular flexibility index (Phi) is 5.63. The van der Waals surface area contributed by atoms with Gasteiger partial charge in [-0.2, -0.15) is 0 Å². The Morgan fingerprint density at radius 1 is 1.39 bits per heavy atom. The van der Waals surface area contributed by atoms with Crippen LogP contribution in [-0.2, 0) is 11.2 Å². The summed E-state index contributed by atoms with van der Waals surface area (Å²) in [5.74, 6) is 0.120. The number of nitrogens with one attached hydrogen (secondary N) is 1. The Balaban J connectivity index is 2.60. The molecule has 0 heterocycles. The molecular weight excluding hydrogens is 250 g/mol. The van der Waals surface area contributed by atoms with Crippen molar-refractivity contribution in [2.45, 2.75) is 26.3 Å². The van der Waals surface area contributed by atoms with E-state index in [1.807, 2.05) is 30.3 Å². The van der Waals surface area contributed by atoms with Gasteiger partial charge in [-0.25, -0.2) is 0 Å². The summed E-state index contributed by atoms with van der Waals surface area (Å²) in [6.45, 7) is 3.48. The van der Waals surface area contributed by atoms with Crippen LogP contribution >= 0.6 is 11.6 Å². The molecule has 1 amide bonds. The van der Waals surface area contributed by atoms with Crippen LogP contribution in [0.4, 0.5) is 0 Å². The van der Waals surface area contributed by atoms with Crippen molar-refractivity contribution < 1.29 is 9.90 Å². The SMILES string of the molecule is CC(C)(CCl)C(=O)N[C@H](CO)Cc1ccccc1. The highest BCUT2D eigenvalue weighted by Crippen LogP contribution is 2.17. The number of aliphatic hydroxyl groups excluding tert-OH is 1. The molecule has 0 aliphatic carbocycles. The Hall–Kier alpha value is -1.06. The first-order valence-corrected chi connectivity index (χ1v) is 6.55. The van der Waals surface area contributed by atoms with Crippen molar-refractivity contribution in [2.24, 2.45) is 5.41 Å². The number of hydrogen-bond acceptors (Lipinski definition) is 2. The van der Waals surface area contributed by atoms with Crippen LogP contribution in [0.5, 0.6) is 0 Å². The van der Waals surface area contributed by atoms with Gasteiger partial charge in [0.05, 0.1) is 18.1 Å². The van der Waals surface area contributed by atoms with Crippen molar-refractivity contribution >= 4 is 17.5 Å². The lowest BCUT2D eigenvalue weighted by molar-refractivity contribution is -0.129. The Morgan fingerprint density at radius 3 is 2.50 bits per heavy atom. The summed E-state index contributed by atoms with van der Waals surface area (Å²) >= 11 is 5.75. The number of alkyl halides is 1. The van der Waals surface area contributed by atoms with E-state index in [2.05, 4.69) is 5.32 Å². The molecule has 1 rings (SSSR count). The third-order valence-electron chi connectivity index (χ3n) is 2.83. The summed E-state index contributed by atoms with van der Waals surface area (Å²) in [5.41, 5.74) is 0.464. The largest absolute Gasteiger partial charge is 0.394 e. The first kappa shape index (κ1) is 15.0. The highest BCUT2D eigenvalue weighted by atomic mass is 35.5. The van der Waals surface area contributed by atoms with Crippen molar-refractivity contribution in [3.05, 3.63) is 35.9 Å². The van der Waals surface area contributed by atoms with Crippen LogP contribution in [0.2, 0.25) is 0 Å². The monoisotopic (exact) mass is 269 g/mol. The van der Waals surface area contributed by atoms with E-state index in [-0.39, 0.29) is 24.4 Å². The number of rotatable bonds is 6. The summed E-state index contributed by atoms with van der Waals surface area (Å²) in [6, 6.07) is 9.49. The highest BCUT2D eigenvalue weighted by Gasteiger charge is 2.28. The van der Waals surface area contributed by atoms with Crippen LogP contribution in [-0.4, -0.2) is 29.5 Å². The zero-order valence-electron chi connectivity index (χ0n) is 10.8. The topological polar surface area (TPSA) is 49.3 Å². The van der Waals surface area contributed by atoms with Gasteiger partial charge in [0.2, 0.25) is 5.91 Å². The first-order chi connectivity index (χ1) is 8.49. The summed E-state index contributed by atoms with van der Waals surface area (Å²) < 4.78 is 0. The van der Waals surface area contributed by atoms with Gasteiger partial charge in [-0.15, -0.1) is 11.6 Å². The zero-order valence-corrected chi connectivity index (χ0v) is 11.6. The number of carbonyl (C=O) groups is 1. The molecule has 0 saturated carbocycles. The average molecular weight is 270 g/mol. The molecule has 0 bridgehead atoms. The molecule has 0 spiro atoms. The van der Waals surface area contributed by atoms with Gasteiger partial charge in [0.15, 0.2) is 0 Å². The van der Waals surface area contributed by atoms with Gasteiger partial charge in [0.25, 0.3) is 0 Å². The minimum atomic E-state index is -0.619. The van der Waals surface area contributed by atoms with E-state index in [4.69, 9.17) is 11.6 Å². The smallest absolute Gasteiger partial charge is 0.227 e. The number of carbonyl (C=O) groups excluding carboxylic acids is 1. The molecule has 1 aromatic rings. The van der Waals surface area contributed by atoms with Crippen LogP contribution in [0.25, 0.3) is 0 Å². The summed E-state index contributed by atoms with van der Waals surface area (Å²) in [5, 5.41) is 12.2. The maximum atomic E-state index is 11.9. The minimum Gasteiger partial charge on any atom is -0.394 e. The van der Waals surface area contributed by atoms with Crippen molar-refractivity contribution in [1.29, 1.82) is 0 Å². The van der Waals surface area contributed by atoms with Gasteiger partial charge in [0, 0.05) is 5.88 Å². The van der Waals surface area contributed by atoms with Crippen LogP contribution in [0.1, 0.15) is 19.4 Å². The lowest BCUT2D eigenvalue weighted by atomic mass is 9.94. The van der Waals surface area contributed by atoms with Gasteiger partial charge in [-0.1, -0.05) is 30.3 Å². The number of halogens is 1. The Labute approximate surface area is 113 Å². The molecule has 0 aliphatic rings. The lowest BCUT2D eigenvalue weighted by Gasteiger charge is -2.24. The van der Waals surface area contributed by atoms with E-state index < -0.39 is 5.41 Å². The number of hydrogen-bond donors (Lipinski definition) is 2. The van der Waals surface area contributed by atoms with Crippen molar-refractivity contribution in [3.8, 4) is 0 Å². The molecule has 100 valence electrons. The van der Waals surface area contributed by atoms with Crippen LogP contribution < -0.4 is 5.32 Å². The zero-order chi connectivity index (χ0) is 13.6. The second-order valence-corrected chi connectivity index (χ2v) is 5.33. The molecule has 1 atom stereocenters. The highest BCUT2D eigenvalue weighted by molar-refractivity contribution is 6.19. The van der Waals surface area contributed by atoms with Gasteiger partial charge in [-0.3, -0.25) is 4.79 Å². The molecule has 0 fully saturated rings. The van der Waals surface area contributed by atoms with Crippen LogP contribution in [0, 0.1) is 5.41 Å². The summed E-state index contributed by atoms with van der Waals surface area (Å²) in [7, 11) is 0. The van der Waals surface area contributed by atoms with Gasteiger partial charge >= 0.3 is 0 Å². The van der Waals surface area contributed by atoms with Gasteiger partial charge in [-0.05, 0) is 25.8 Å². The fourth-order valence-corrected chi connectivity index (χ4v) is 1.62. The van der Waals surface area contributed by atoms with E-state index in [9.17, 15) is 9.90 Å². The Bertz CT molecular complexity index is 379. The summed E-state index contributed by atoms with van der Waals surface area (Å²) in [4.78, 5) is 11.9. The molecule has 1 aromatic carbocycles. The van der Waals surface area contributed by atoms with Crippen molar-refractivity contribution in [1.82, 2.24) is 5.32 Å². The van der Waals surface area contributed by atoms with E-state index in [1.165, 1.54) is 0 Å². The number of benzene rings is 1. The maximum absolute atomic E-state index is 11.9. The molecular formula is C14H20ClNO2. The minimum absolute atomic E-state index is 0.0843. The molecule has 2 N–H and O–H groups in total. The van der Waals surface area contributed by atoms with E-state index >= 15 is 0 Å². The number of aliphatic hydroxyl groups is 1. The second kappa shape index (κ2) is 6.76. The number of amides is 1. The molecule has 0 aliphatic heterocycles. The predicted molar refractivity (Wildman–Crippen MR) is 73.7 cm³/mol. The normalized spacial score (nSPS) is 13.1. The fraction of sp³-hybridized carbons (Fsp3) is 0.500. The van der Waals surface area contributed by atoms with Crippen LogP contribution in [0.15, 0.2) is 30.3 Å². The van der Waals surface area contributed by atoms with E-state index in [0.717, 1.165) is 5.56 Å². The molecule has 18 heavy (non-hydrogen) atoms. The van der Waals surface area contributed by atoms with Gasteiger partial charge < -0.3 is 10.4 Å². The first-order valence-electron chi connectivity index (χ1n) is 6.01. The molecule has 0 unspecified atom stereocenters. The quantitative estimate of drug-likeness (QED) is 0.776. The van der Waals surface area contributed by atoms with Crippen LogP contribution in [0.3, 0.4) is 0 Å². The molecule has 3 nitrogen and oxygen atoms in total. The van der Waals surface area contributed by atoms with Crippen molar-refractivity contribution in [2.75, 3.05) is 12.5 Å². The van der Waals surface area contributed by atoms with Crippen molar-refractivity contribution in [3.63, 3.8) is 0 Å². The maximum Gasteiger partial charge on any atom is 0.227 e. The Morgan fingerprint density at radius 2 is 2.00 bits per heavy atom. The summed E-state index contributed by atoms with van der Waals surface area (Å²) in [6.07, 6.45) is 0.613. The third kappa shape index (κ3) is 4.31. The molecule has 0 saturated heterocycles. The third-order valence-corrected chi connectivity index (χ3v) is 3.50. The van der Waals surface area contributed by atoms with E-state index in [0.29, 0.717) is 6.42 Å². The average Bonchev–Trinajstić information content (AvgIpc) is 2.38. The predicted octanol–water partition coefficient (Wildman–Crippen LogP) is 1.97. The fourth-order valence-electron chi connectivity index (χ4n) is 1.50. The molecule has 0 aromatic heterocycles. The molecule has 4 heteroatoms. The lowest BCUT2D eigenvalue weighted by Crippen LogP contribution is -2.46. The molecule has 0 radical (unpaired) electrons. The second-order valence-electron chi connectivity index (χ2n) is 5.06. The van der Waals surface area contributed by atoms with Gasteiger partial charge in [0.1, 0.15) is 0 Å².